The van der Waals surface area contributed by atoms with Crippen molar-refractivity contribution in [1.29, 1.82) is 0 Å². The fraction of sp³-hybridized carbons (Fsp3) is 0.518. The van der Waals surface area contributed by atoms with Gasteiger partial charge in [-0.3, -0.25) is 23.8 Å². The standard InChI is InChI=1S/C21H25N.C18H33ClN2O5S.C17H19N3O3S/c1-21(2,3)15-8-5-9-16-22(4)17-19-13-10-12-18-11-6-7-14-20(18)19;1-5-6-10-7-11(21(3)8-10)17(25)20-12(9(2)19)16-14(23)13(22)15(24)18(26-16)27-4;1-10-8-18-15(11(2)16(10)23-4)9-24(21)17-19-13-6-5-12(22-3)7-14(13)20-17/h5-7,9-14H,16-17H2,1-4H3;9-16,18,22-24H,5-8H2,1-4H3,(H,20,25);5-8H,9H2,1-4H3,(H,19,20)/b9-5+;;/t;9-,10+,11-,12+,13-,14+,15+,16+,18+;/m.0./s1. The molecule has 10 atom stereocenters. The number of likely N-dealkylation sites (tertiary alicyclic amines) is 1. The van der Waals surface area contributed by atoms with Gasteiger partial charge in [0.15, 0.2) is 5.16 Å². The summed E-state index contributed by atoms with van der Waals surface area (Å²) in [5.41, 5.74) is 4.90. The smallest absolute Gasteiger partial charge is 0.237 e. The van der Waals surface area contributed by atoms with Gasteiger partial charge in [-0.1, -0.05) is 73.7 Å². The molecule has 0 spiro atoms. The maximum atomic E-state index is 12.9. The third-order valence-corrected chi connectivity index (χ3v) is 15.2. The van der Waals surface area contributed by atoms with Crippen molar-refractivity contribution in [3.05, 3.63) is 101 Å². The van der Waals surface area contributed by atoms with Crippen molar-refractivity contribution in [2.45, 2.75) is 132 Å². The Morgan fingerprint density at radius 1 is 1.10 bits per heavy atom. The number of methoxy groups -OCH3 is 2. The van der Waals surface area contributed by atoms with Crippen LogP contribution in [0.15, 0.2) is 84.2 Å². The Labute approximate surface area is 444 Å². The first-order chi connectivity index (χ1) is 34.7. The minimum atomic E-state index is -1.36. The molecule has 4 heterocycles. The van der Waals surface area contributed by atoms with Gasteiger partial charge in [0.05, 0.1) is 65.0 Å². The van der Waals surface area contributed by atoms with Crippen LogP contribution in [0.4, 0.5) is 0 Å². The predicted octanol–water partition coefficient (Wildman–Crippen LogP) is 8.17. The number of nitrogens with zero attached hydrogens (tertiary/aromatic N) is 4. The summed E-state index contributed by atoms with van der Waals surface area (Å²) in [6.45, 7) is 16.8. The first-order valence-electron chi connectivity index (χ1n) is 24.8. The summed E-state index contributed by atoms with van der Waals surface area (Å²) in [4.78, 5) is 29.2. The van der Waals surface area contributed by atoms with Crippen LogP contribution in [0, 0.1) is 37.0 Å². The molecule has 1 unspecified atom stereocenters. The van der Waals surface area contributed by atoms with E-state index in [1.165, 1.54) is 28.1 Å². The number of halogens is 1. The molecule has 2 aliphatic heterocycles. The Bertz CT molecular complexity index is 2690. The number of rotatable bonds is 16. The number of hydrogen-bond donors (Lipinski definition) is 5. The molecule has 2 aromatic heterocycles. The lowest BCUT2D eigenvalue weighted by atomic mass is 9.92. The second-order valence-corrected chi connectivity index (χ2v) is 22.9. The Balaban J connectivity index is 0.000000204. The molecule has 14 nitrogen and oxygen atoms in total. The minimum Gasteiger partial charge on any atom is -0.497 e. The maximum absolute atomic E-state index is 12.9. The molecule has 5 aromatic rings. The van der Waals surface area contributed by atoms with E-state index in [4.69, 9.17) is 25.8 Å². The summed E-state index contributed by atoms with van der Waals surface area (Å²) < 4.78 is 29.1. The van der Waals surface area contributed by atoms with E-state index in [0.717, 1.165) is 78.2 Å². The number of hydrogen-bond acceptors (Lipinski definition) is 13. The number of fused-ring (bicyclic) bond motifs is 2. The number of carbonyl (C=O) groups excluding carboxylic acids is 1. The number of thioether (sulfide) groups is 1. The predicted molar refractivity (Wildman–Crippen MR) is 297 cm³/mol. The molecule has 0 saturated carbocycles. The van der Waals surface area contributed by atoms with Crippen LogP contribution in [-0.4, -0.2) is 145 Å². The fourth-order valence-corrected chi connectivity index (χ4v) is 11.0. The Hall–Kier alpha value is -4.54. The van der Waals surface area contributed by atoms with Crippen LogP contribution in [0.2, 0.25) is 0 Å². The van der Waals surface area contributed by atoms with Crippen molar-refractivity contribution in [3.8, 4) is 23.3 Å². The average Bonchev–Trinajstić information content (AvgIpc) is 3.96. The van der Waals surface area contributed by atoms with Crippen molar-refractivity contribution in [2.75, 3.05) is 47.7 Å². The Kier molecular flexibility index (Phi) is 22.6. The van der Waals surface area contributed by atoms with Gasteiger partial charge in [0.2, 0.25) is 5.91 Å². The van der Waals surface area contributed by atoms with Gasteiger partial charge in [0.1, 0.15) is 41.4 Å². The number of amides is 1. The summed E-state index contributed by atoms with van der Waals surface area (Å²) in [5.74, 6) is 8.47. The van der Waals surface area contributed by atoms with E-state index in [1.807, 2.05) is 50.1 Å². The van der Waals surface area contributed by atoms with Gasteiger partial charge in [0.25, 0.3) is 0 Å². The second kappa shape index (κ2) is 27.8. The fourth-order valence-electron chi connectivity index (χ4n) is 9.06. The van der Waals surface area contributed by atoms with Gasteiger partial charge in [-0.25, -0.2) is 4.98 Å². The lowest BCUT2D eigenvalue weighted by Crippen LogP contribution is -2.65. The topological polar surface area (TPSA) is 183 Å². The molecule has 0 bridgehead atoms. The highest BCUT2D eigenvalue weighted by molar-refractivity contribution is 7.99. The number of likely N-dealkylation sites (N-methyl/N-ethyl adjacent to an activating group) is 2. The number of benzene rings is 3. The van der Waals surface area contributed by atoms with Gasteiger partial charge in [-0.2, -0.15) is 0 Å². The number of alkyl halides is 1. The Morgan fingerprint density at radius 2 is 1.82 bits per heavy atom. The molecule has 3 aromatic carbocycles. The lowest BCUT2D eigenvalue weighted by Gasteiger charge is -2.44. The molecule has 398 valence electrons. The SMILES string of the molecule is CCC[C@@H]1C[C@@H](C(=O)N[C@@H]([C@H]2O[C@H](SC)[C@H](O)[C@@H](O)[C@H]2O)[C@H](C)Cl)N(C)C1.CN(C/C=C/C#CC(C)(C)C)Cc1cccc2ccccc12.COc1ccc2nc(S(=O)Cc3ncc(C)c(OC)c3C)[nH]c2c1. The van der Waals surface area contributed by atoms with E-state index >= 15 is 0 Å². The van der Waals surface area contributed by atoms with Crippen molar-refractivity contribution in [3.63, 3.8) is 0 Å². The number of carbonyl (C=O) groups is 1. The molecular weight excluding hydrogens is 984 g/mol. The molecule has 17 heteroatoms. The monoisotopic (exact) mass is 1060 g/mol. The van der Waals surface area contributed by atoms with Crippen molar-refractivity contribution >= 4 is 61.9 Å². The third kappa shape index (κ3) is 16.5. The first-order valence-corrected chi connectivity index (χ1v) is 27.9. The molecule has 0 aliphatic carbocycles. The maximum Gasteiger partial charge on any atom is 0.237 e. The molecule has 1 amide bonds. The molecular formula is C56H77ClN6O8S2. The quantitative estimate of drug-likeness (QED) is 0.0472. The van der Waals surface area contributed by atoms with Crippen LogP contribution in [-0.2, 0) is 32.6 Å². The molecule has 73 heavy (non-hydrogen) atoms. The molecule has 0 radical (unpaired) electrons. The first kappa shape index (κ1) is 59.3. The van der Waals surface area contributed by atoms with Gasteiger partial charge in [0, 0.05) is 48.4 Å². The van der Waals surface area contributed by atoms with Crippen LogP contribution in [0.25, 0.3) is 21.8 Å². The number of ether oxygens (including phenoxy) is 3. The van der Waals surface area contributed by atoms with Gasteiger partial charge in [-0.15, -0.1) is 23.4 Å². The van der Waals surface area contributed by atoms with Crippen LogP contribution in [0.5, 0.6) is 11.5 Å². The number of pyridine rings is 1. The number of imidazole rings is 1. The van der Waals surface area contributed by atoms with Gasteiger partial charge >= 0.3 is 0 Å². The largest absolute Gasteiger partial charge is 0.497 e. The van der Waals surface area contributed by atoms with E-state index in [-0.39, 0.29) is 23.1 Å². The highest BCUT2D eigenvalue weighted by Crippen LogP contribution is 2.32. The third-order valence-electron chi connectivity index (χ3n) is 12.9. The number of aliphatic hydroxyl groups excluding tert-OH is 3. The van der Waals surface area contributed by atoms with Gasteiger partial charge in [-0.05, 0) is 115 Å². The van der Waals surface area contributed by atoms with Gasteiger partial charge < -0.3 is 39.8 Å². The number of aromatic nitrogens is 3. The number of aromatic amines is 1. The summed E-state index contributed by atoms with van der Waals surface area (Å²) >= 11 is 7.55. The van der Waals surface area contributed by atoms with E-state index in [0.29, 0.717) is 11.1 Å². The van der Waals surface area contributed by atoms with E-state index in [9.17, 15) is 24.3 Å². The summed E-state index contributed by atoms with van der Waals surface area (Å²) in [6.07, 6.45) is 5.73. The van der Waals surface area contributed by atoms with E-state index in [1.54, 1.807) is 33.6 Å². The molecule has 2 saturated heterocycles. The van der Waals surface area contributed by atoms with Crippen molar-refractivity contribution < 1.29 is 38.5 Å². The zero-order chi connectivity index (χ0) is 53.6. The minimum absolute atomic E-state index is 0.0686. The zero-order valence-corrected chi connectivity index (χ0v) is 46.9. The zero-order valence-electron chi connectivity index (χ0n) is 44.5. The van der Waals surface area contributed by atoms with Crippen LogP contribution >= 0.6 is 23.4 Å². The van der Waals surface area contributed by atoms with Crippen molar-refractivity contribution in [1.82, 2.24) is 30.1 Å². The molecule has 2 fully saturated rings. The number of aliphatic hydroxyl groups is 3. The van der Waals surface area contributed by atoms with E-state index < -0.39 is 52.1 Å². The highest BCUT2D eigenvalue weighted by atomic mass is 35.5. The molecule has 2 aliphatic rings. The van der Waals surface area contributed by atoms with E-state index in [2.05, 4.69) is 120 Å². The van der Waals surface area contributed by atoms with Crippen molar-refractivity contribution in [2.24, 2.45) is 11.3 Å². The molecule has 5 N–H and O–H groups in total. The summed E-state index contributed by atoms with van der Waals surface area (Å²) in [5, 5.41) is 36.1. The van der Waals surface area contributed by atoms with Crippen LogP contribution < -0.4 is 14.8 Å². The summed E-state index contributed by atoms with van der Waals surface area (Å²) in [6, 6.07) is 19.6. The number of H-pyrrole nitrogens is 1. The van der Waals surface area contributed by atoms with Crippen LogP contribution in [0.3, 0.4) is 0 Å². The number of allylic oxidation sites excluding steroid dienone is 1. The molecule has 7 rings (SSSR count). The lowest BCUT2D eigenvalue weighted by molar-refractivity contribution is -0.205. The number of nitrogens with one attached hydrogen (secondary N) is 2. The highest BCUT2D eigenvalue weighted by Gasteiger charge is 2.48. The normalized spacial score (nSPS) is 22.4. The van der Waals surface area contributed by atoms with Crippen LogP contribution in [0.1, 0.15) is 76.3 Å². The second-order valence-electron chi connectivity index (χ2n) is 20.0. The number of aryl methyl sites for hydroxylation is 1. The Morgan fingerprint density at radius 3 is 2.49 bits per heavy atom. The average molecular weight is 1060 g/mol. The summed E-state index contributed by atoms with van der Waals surface area (Å²) in [7, 11) is 5.99.